The minimum Gasteiger partial charge on any atom is -0.458 e. The fourth-order valence-electron chi connectivity index (χ4n) is 3.80. The molecule has 0 bridgehead atoms. The molecule has 0 saturated heterocycles. The second-order valence-corrected chi connectivity index (χ2v) is 7.80. The van der Waals surface area contributed by atoms with E-state index in [1.54, 1.807) is 17.7 Å². The van der Waals surface area contributed by atoms with Gasteiger partial charge in [0.2, 0.25) is 5.91 Å². The molecular formula is C21H19N3O2S. The number of imidazole rings is 1. The zero-order valence-corrected chi connectivity index (χ0v) is 15.5. The number of para-hydroxylation sites is 1. The number of thiophene rings is 1. The number of fused-ring (bicyclic) bond motifs is 2. The van der Waals surface area contributed by atoms with E-state index in [4.69, 9.17) is 4.42 Å². The first-order chi connectivity index (χ1) is 13.3. The molecular weight excluding hydrogens is 358 g/mol. The number of hydrogen-bond acceptors (Lipinski definition) is 4. The molecule has 3 aromatic heterocycles. The Bertz CT molecular complexity index is 1050. The summed E-state index contributed by atoms with van der Waals surface area (Å²) >= 11 is 1.70. The maximum Gasteiger partial charge on any atom is 0.223 e. The van der Waals surface area contributed by atoms with Crippen molar-refractivity contribution in [2.45, 2.75) is 25.3 Å². The highest BCUT2D eigenvalue weighted by Gasteiger charge is 2.36. The van der Waals surface area contributed by atoms with Gasteiger partial charge >= 0.3 is 0 Å². The lowest BCUT2D eigenvalue weighted by Gasteiger charge is -2.33. The predicted octanol–water partition coefficient (Wildman–Crippen LogP) is 4.32. The molecule has 0 aliphatic carbocycles. The summed E-state index contributed by atoms with van der Waals surface area (Å²) in [6.45, 7) is 0.667. The summed E-state index contributed by atoms with van der Waals surface area (Å²) in [6, 6.07) is 13.8. The third-order valence-corrected chi connectivity index (χ3v) is 6.06. The van der Waals surface area contributed by atoms with Crippen molar-refractivity contribution in [2.24, 2.45) is 0 Å². The van der Waals surface area contributed by atoms with E-state index in [1.165, 1.54) is 4.88 Å². The average Bonchev–Trinajstić information content (AvgIpc) is 3.45. The van der Waals surface area contributed by atoms with Gasteiger partial charge in [-0.15, -0.1) is 11.3 Å². The Morgan fingerprint density at radius 1 is 1.30 bits per heavy atom. The van der Waals surface area contributed by atoms with Crippen LogP contribution in [0.3, 0.4) is 0 Å². The van der Waals surface area contributed by atoms with E-state index in [9.17, 15) is 4.79 Å². The molecule has 27 heavy (non-hydrogen) atoms. The van der Waals surface area contributed by atoms with Gasteiger partial charge in [-0.05, 0) is 30.0 Å². The highest BCUT2D eigenvalue weighted by atomic mass is 32.1. The molecule has 5 rings (SSSR count). The first-order valence-electron chi connectivity index (χ1n) is 9.12. The Hall–Kier alpha value is -2.86. The van der Waals surface area contributed by atoms with Gasteiger partial charge in [-0.25, -0.2) is 4.98 Å². The van der Waals surface area contributed by atoms with E-state index < -0.39 is 0 Å². The van der Waals surface area contributed by atoms with Crippen molar-refractivity contribution in [1.82, 2.24) is 14.9 Å². The van der Waals surface area contributed by atoms with Crippen LogP contribution in [0.1, 0.15) is 34.5 Å². The second-order valence-electron chi connectivity index (χ2n) is 6.77. The van der Waals surface area contributed by atoms with Gasteiger partial charge in [-0.3, -0.25) is 4.79 Å². The lowest BCUT2D eigenvalue weighted by Crippen LogP contribution is -2.40. The number of carbonyl (C=O) groups is 1. The highest BCUT2D eigenvalue weighted by molar-refractivity contribution is 7.09. The average molecular weight is 377 g/mol. The quantitative estimate of drug-likeness (QED) is 0.576. The maximum atomic E-state index is 13.1. The van der Waals surface area contributed by atoms with Gasteiger partial charge in [0.25, 0.3) is 0 Å². The molecule has 1 aliphatic rings. The van der Waals surface area contributed by atoms with Crippen molar-refractivity contribution in [2.75, 3.05) is 6.54 Å². The third-order valence-electron chi connectivity index (χ3n) is 5.12. The van der Waals surface area contributed by atoms with Crippen LogP contribution in [0.5, 0.6) is 0 Å². The Balaban J connectivity index is 1.49. The summed E-state index contributed by atoms with van der Waals surface area (Å²) in [6.07, 6.45) is 3.76. The van der Waals surface area contributed by atoms with Crippen molar-refractivity contribution in [1.29, 1.82) is 0 Å². The van der Waals surface area contributed by atoms with Crippen molar-refractivity contribution in [3.05, 3.63) is 76.2 Å². The molecule has 6 heteroatoms. The van der Waals surface area contributed by atoms with Gasteiger partial charge in [-0.1, -0.05) is 24.3 Å². The molecule has 0 unspecified atom stereocenters. The Kier molecular flexibility index (Phi) is 4.05. The molecule has 1 atom stereocenters. The summed E-state index contributed by atoms with van der Waals surface area (Å²) in [5.74, 6) is 0.913. The van der Waals surface area contributed by atoms with Crippen LogP contribution in [0.4, 0.5) is 0 Å². The normalized spacial score (nSPS) is 16.6. The number of aromatic nitrogens is 2. The number of benzene rings is 1. The van der Waals surface area contributed by atoms with Crippen LogP contribution in [0.2, 0.25) is 0 Å². The van der Waals surface area contributed by atoms with Gasteiger partial charge < -0.3 is 14.3 Å². The maximum absolute atomic E-state index is 13.1. The number of furan rings is 1. The number of carbonyl (C=O) groups excluding carboxylic acids is 1. The number of H-pyrrole nitrogens is 1. The molecule has 1 aromatic carbocycles. The van der Waals surface area contributed by atoms with E-state index in [0.29, 0.717) is 13.0 Å². The number of amides is 1. The minimum absolute atomic E-state index is 0.141. The SMILES string of the molecule is O=C(CCc1cccs1)N1CCc2[nH]cnc2[C@H]1c1cc2ccccc2o1. The predicted molar refractivity (Wildman–Crippen MR) is 105 cm³/mol. The van der Waals surface area contributed by atoms with E-state index >= 15 is 0 Å². The van der Waals surface area contributed by atoms with Crippen LogP contribution in [-0.2, 0) is 17.6 Å². The van der Waals surface area contributed by atoms with E-state index in [0.717, 1.165) is 41.0 Å². The smallest absolute Gasteiger partial charge is 0.223 e. The molecule has 136 valence electrons. The molecule has 0 fully saturated rings. The van der Waals surface area contributed by atoms with Crippen LogP contribution in [-0.4, -0.2) is 27.3 Å². The fourth-order valence-corrected chi connectivity index (χ4v) is 4.51. The van der Waals surface area contributed by atoms with Crippen molar-refractivity contribution in [3.8, 4) is 0 Å². The van der Waals surface area contributed by atoms with Crippen LogP contribution in [0, 0.1) is 0 Å². The van der Waals surface area contributed by atoms with Crippen molar-refractivity contribution < 1.29 is 9.21 Å². The molecule has 0 saturated carbocycles. The molecule has 1 N–H and O–H groups in total. The molecule has 0 spiro atoms. The summed E-state index contributed by atoms with van der Waals surface area (Å²) in [7, 11) is 0. The van der Waals surface area contributed by atoms with Gasteiger partial charge in [0.1, 0.15) is 17.4 Å². The molecule has 5 nitrogen and oxygen atoms in total. The summed E-state index contributed by atoms with van der Waals surface area (Å²) in [4.78, 5) is 24.0. The monoisotopic (exact) mass is 377 g/mol. The third kappa shape index (κ3) is 2.96. The number of aromatic amines is 1. The van der Waals surface area contributed by atoms with E-state index in [-0.39, 0.29) is 11.9 Å². The summed E-state index contributed by atoms with van der Waals surface area (Å²) in [5, 5.41) is 3.09. The van der Waals surface area contributed by atoms with E-state index in [1.807, 2.05) is 46.7 Å². The zero-order valence-electron chi connectivity index (χ0n) is 14.7. The molecule has 1 amide bonds. The lowest BCUT2D eigenvalue weighted by molar-refractivity contribution is -0.133. The van der Waals surface area contributed by atoms with Crippen LogP contribution in [0.15, 0.2) is 58.6 Å². The first-order valence-corrected chi connectivity index (χ1v) is 10.00. The molecule has 1 aliphatic heterocycles. The van der Waals surface area contributed by atoms with Gasteiger partial charge in [0.05, 0.1) is 12.0 Å². The van der Waals surface area contributed by atoms with Crippen LogP contribution >= 0.6 is 11.3 Å². The Morgan fingerprint density at radius 3 is 3.07 bits per heavy atom. The number of aryl methyl sites for hydroxylation is 1. The molecule has 4 aromatic rings. The fraction of sp³-hybridized carbons (Fsp3) is 0.238. The second kappa shape index (κ2) is 6.70. The van der Waals surface area contributed by atoms with Gasteiger partial charge in [-0.2, -0.15) is 0 Å². The first kappa shape index (κ1) is 16.3. The van der Waals surface area contributed by atoms with Crippen molar-refractivity contribution >= 4 is 28.2 Å². The van der Waals surface area contributed by atoms with Crippen LogP contribution in [0.25, 0.3) is 11.0 Å². The molecule has 4 heterocycles. The molecule has 0 radical (unpaired) electrons. The number of hydrogen-bond donors (Lipinski definition) is 1. The topological polar surface area (TPSA) is 62.1 Å². The Labute approximate surface area is 160 Å². The highest BCUT2D eigenvalue weighted by Crippen LogP contribution is 2.36. The largest absolute Gasteiger partial charge is 0.458 e. The summed E-state index contributed by atoms with van der Waals surface area (Å²) < 4.78 is 6.12. The number of nitrogens with zero attached hydrogens (tertiary/aromatic N) is 2. The minimum atomic E-state index is -0.275. The number of nitrogens with one attached hydrogen (secondary N) is 1. The summed E-state index contributed by atoms with van der Waals surface area (Å²) in [5.41, 5.74) is 2.81. The van der Waals surface area contributed by atoms with E-state index in [2.05, 4.69) is 16.0 Å². The lowest BCUT2D eigenvalue weighted by atomic mass is 9.99. The number of rotatable bonds is 4. The van der Waals surface area contributed by atoms with Crippen molar-refractivity contribution in [3.63, 3.8) is 0 Å². The van der Waals surface area contributed by atoms with Crippen LogP contribution < -0.4 is 0 Å². The standard InChI is InChI=1S/C21H19N3O2S/c25-19(8-7-15-5-3-11-27-15)24-10-9-16-20(23-13-22-16)21(24)18-12-14-4-1-2-6-17(14)26-18/h1-6,11-13,21H,7-10H2,(H,22,23)/t21-/m1/s1. The van der Waals surface area contributed by atoms with Gasteiger partial charge in [0, 0.05) is 35.3 Å². The van der Waals surface area contributed by atoms with Gasteiger partial charge in [0.15, 0.2) is 0 Å². The Morgan fingerprint density at radius 2 is 2.22 bits per heavy atom. The zero-order chi connectivity index (χ0) is 18.2.